The second-order valence-corrected chi connectivity index (χ2v) is 6.72. The summed E-state index contributed by atoms with van der Waals surface area (Å²) in [5.41, 5.74) is 1.87. The van der Waals surface area contributed by atoms with Crippen molar-refractivity contribution < 1.29 is 9.59 Å². The molecule has 0 spiro atoms. The normalized spacial score (nSPS) is 20.6. The third kappa shape index (κ3) is 2.90. The van der Waals surface area contributed by atoms with Gasteiger partial charge in [0.1, 0.15) is 11.7 Å². The first-order valence-electron chi connectivity index (χ1n) is 8.67. The zero-order valence-electron chi connectivity index (χ0n) is 14.2. The third-order valence-corrected chi connectivity index (χ3v) is 5.07. The van der Waals surface area contributed by atoms with Crippen molar-refractivity contribution in [3.63, 3.8) is 0 Å². The minimum atomic E-state index is -0.283. The van der Waals surface area contributed by atoms with Crippen molar-refractivity contribution in [2.45, 2.75) is 31.8 Å². The smallest absolute Gasteiger partial charge is 0.245 e. The maximum atomic E-state index is 12.6. The van der Waals surface area contributed by atoms with E-state index in [0.717, 1.165) is 24.1 Å². The molecule has 1 unspecified atom stereocenters. The van der Waals surface area contributed by atoms with E-state index in [1.165, 1.54) is 6.92 Å². The van der Waals surface area contributed by atoms with E-state index >= 15 is 0 Å². The molecule has 0 radical (unpaired) electrons. The van der Waals surface area contributed by atoms with Gasteiger partial charge in [0.2, 0.25) is 11.8 Å². The van der Waals surface area contributed by atoms with Gasteiger partial charge in [-0.15, -0.1) is 5.10 Å². The summed E-state index contributed by atoms with van der Waals surface area (Å²) in [6, 6.07) is 9.79. The molecule has 1 atom stereocenters. The molecule has 0 saturated carbocycles. The number of benzene rings is 1. The summed E-state index contributed by atoms with van der Waals surface area (Å²) in [7, 11) is 0. The first kappa shape index (κ1) is 15.8. The molecule has 2 amide bonds. The van der Waals surface area contributed by atoms with Crippen LogP contribution in [0.25, 0.3) is 11.3 Å². The lowest BCUT2D eigenvalue weighted by atomic mass is 10.1. The first-order chi connectivity index (χ1) is 12.1. The van der Waals surface area contributed by atoms with Crippen LogP contribution in [0.1, 0.15) is 25.8 Å². The Labute approximate surface area is 146 Å². The lowest BCUT2D eigenvalue weighted by Gasteiger charge is -2.41. The van der Waals surface area contributed by atoms with Crippen molar-refractivity contribution in [2.75, 3.05) is 19.6 Å². The fourth-order valence-corrected chi connectivity index (χ4v) is 3.61. The molecule has 3 heterocycles. The second-order valence-electron chi connectivity index (χ2n) is 6.72. The van der Waals surface area contributed by atoms with Gasteiger partial charge in [0.05, 0.1) is 12.2 Å². The number of hydrogen-bond acceptors (Lipinski definition) is 4. The van der Waals surface area contributed by atoms with E-state index in [9.17, 15) is 9.59 Å². The highest BCUT2D eigenvalue weighted by atomic mass is 16.2. The van der Waals surface area contributed by atoms with Gasteiger partial charge in [-0.05, 0) is 12.8 Å². The minimum Gasteiger partial charge on any atom is -0.336 e. The zero-order valence-corrected chi connectivity index (χ0v) is 14.2. The largest absolute Gasteiger partial charge is 0.336 e. The Morgan fingerprint density at radius 3 is 2.64 bits per heavy atom. The van der Waals surface area contributed by atoms with Crippen LogP contribution in [-0.4, -0.2) is 62.3 Å². The number of carbonyl (C=O) groups is 2. The Kier molecular flexibility index (Phi) is 3.99. The van der Waals surface area contributed by atoms with E-state index in [0.29, 0.717) is 19.6 Å². The molecule has 130 valence electrons. The Morgan fingerprint density at radius 1 is 1.16 bits per heavy atom. The summed E-state index contributed by atoms with van der Waals surface area (Å²) in [5.74, 6) is 0.0454. The SMILES string of the molecule is CC(=O)N1CCCC1C(=O)N1CC(n2cc(-c3ccccc3)nn2)C1. The van der Waals surface area contributed by atoms with Gasteiger partial charge in [-0.3, -0.25) is 9.59 Å². The monoisotopic (exact) mass is 339 g/mol. The zero-order chi connectivity index (χ0) is 17.4. The number of rotatable bonds is 3. The molecule has 1 aromatic carbocycles. The molecular weight excluding hydrogens is 318 g/mol. The molecule has 1 aromatic heterocycles. The number of amides is 2. The van der Waals surface area contributed by atoms with E-state index in [1.54, 1.807) is 4.90 Å². The maximum absolute atomic E-state index is 12.6. The molecule has 0 bridgehead atoms. The van der Waals surface area contributed by atoms with Crippen LogP contribution in [0.5, 0.6) is 0 Å². The van der Waals surface area contributed by atoms with Gasteiger partial charge >= 0.3 is 0 Å². The Morgan fingerprint density at radius 2 is 1.92 bits per heavy atom. The van der Waals surface area contributed by atoms with Gasteiger partial charge in [-0.2, -0.15) is 0 Å². The summed E-state index contributed by atoms with van der Waals surface area (Å²) < 4.78 is 1.84. The van der Waals surface area contributed by atoms with Gasteiger partial charge in [0, 0.05) is 32.1 Å². The van der Waals surface area contributed by atoms with Crippen molar-refractivity contribution in [3.05, 3.63) is 36.5 Å². The number of aromatic nitrogens is 3. The van der Waals surface area contributed by atoms with E-state index < -0.39 is 0 Å². The third-order valence-electron chi connectivity index (χ3n) is 5.07. The van der Waals surface area contributed by atoms with E-state index in [4.69, 9.17) is 0 Å². The number of nitrogens with zero attached hydrogens (tertiary/aromatic N) is 5. The van der Waals surface area contributed by atoms with Crippen LogP contribution in [-0.2, 0) is 9.59 Å². The van der Waals surface area contributed by atoms with E-state index in [-0.39, 0.29) is 23.9 Å². The maximum Gasteiger partial charge on any atom is 0.245 e. The van der Waals surface area contributed by atoms with Crippen LogP contribution in [0.4, 0.5) is 0 Å². The van der Waals surface area contributed by atoms with Crippen LogP contribution in [0.2, 0.25) is 0 Å². The highest BCUT2D eigenvalue weighted by Crippen LogP contribution is 2.27. The first-order valence-corrected chi connectivity index (χ1v) is 8.67. The van der Waals surface area contributed by atoms with Gasteiger partial charge in [-0.1, -0.05) is 35.5 Å². The molecule has 2 aliphatic rings. The van der Waals surface area contributed by atoms with Gasteiger partial charge in [-0.25, -0.2) is 4.68 Å². The van der Waals surface area contributed by atoms with Crippen molar-refractivity contribution in [1.29, 1.82) is 0 Å². The Balaban J connectivity index is 1.38. The average molecular weight is 339 g/mol. The van der Waals surface area contributed by atoms with Crippen LogP contribution in [0.15, 0.2) is 36.5 Å². The van der Waals surface area contributed by atoms with Gasteiger partial charge in [0.25, 0.3) is 0 Å². The van der Waals surface area contributed by atoms with Crippen LogP contribution < -0.4 is 0 Å². The molecular formula is C18H21N5O2. The minimum absolute atomic E-state index is 0.0169. The predicted octanol–water partition coefficient (Wildman–Crippen LogP) is 1.34. The van der Waals surface area contributed by atoms with Crippen LogP contribution in [0, 0.1) is 0 Å². The standard InChI is InChI=1S/C18H21N5O2/c1-13(24)22-9-5-8-17(22)18(25)21-10-15(11-21)23-12-16(19-20-23)14-6-3-2-4-7-14/h2-4,6-7,12,15,17H,5,8-11H2,1H3. The molecule has 7 nitrogen and oxygen atoms in total. The van der Waals surface area contributed by atoms with E-state index in [2.05, 4.69) is 10.3 Å². The predicted molar refractivity (Wildman–Crippen MR) is 91.5 cm³/mol. The van der Waals surface area contributed by atoms with Crippen molar-refractivity contribution >= 4 is 11.8 Å². The molecule has 4 rings (SSSR count). The summed E-state index contributed by atoms with van der Waals surface area (Å²) >= 11 is 0. The van der Waals surface area contributed by atoms with Crippen molar-refractivity contribution in [2.24, 2.45) is 0 Å². The highest BCUT2D eigenvalue weighted by Gasteiger charge is 2.40. The fraction of sp³-hybridized carbons (Fsp3) is 0.444. The molecule has 2 aliphatic heterocycles. The summed E-state index contributed by atoms with van der Waals surface area (Å²) in [6.07, 6.45) is 3.59. The average Bonchev–Trinajstić information content (AvgIpc) is 3.24. The van der Waals surface area contributed by atoms with Gasteiger partial charge < -0.3 is 9.80 Å². The molecule has 0 aliphatic carbocycles. The summed E-state index contributed by atoms with van der Waals surface area (Å²) in [6.45, 7) is 3.47. The van der Waals surface area contributed by atoms with Crippen molar-refractivity contribution in [1.82, 2.24) is 24.8 Å². The quantitative estimate of drug-likeness (QED) is 0.846. The second kappa shape index (κ2) is 6.31. The summed E-state index contributed by atoms with van der Waals surface area (Å²) in [5, 5.41) is 8.44. The molecule has 2 aromatic rings. The van der Waals surface area contributed by atoms with Crippen LogP contribution >= 0.6 is 0 Å². The van der Waals surface area contributed by atoms with Gasteiger partial charge in [0.15, 0.2) is 0 Å². The lowest BCUT2D eigenvalue weighted by Crippen LogP contribution is -2.56. The molecule has 25 heavy (non-hydrogen) atoms. The number of carbonyl (C=O) groups excluding carboxylic acids is 2. The lowest BCUT2D eigenvalue weighted by molar-refractivity contribution is -0.147. The van der Waals surface area contributed by atoms with Crippen molar-refractivity contribution in [3.8, 4) is 11.3 Å². The summed E-state index contributed by atoms with van der Waals surface area (Å²) in [4.78, 5) is 27.8. The molecule has 0 N–H and O–H groups in total. The molecule has 2 fully saturated rings. The Hall–Kier alpha value is -2.70. The fourth-order valence-electron chi connectivity index (χ4n) is 3.61. The van der Waals surface area contributed by atoms with Crippen LogP contribution in [0.3, 0.4) is 0 Å². The highest BCUT2D eigenvalue weighted by molar-refractivity contribution is 5.88. The molecule has 7 heteroatoms. The number of hydrogen-bond donors (Lipinski definition) is 0. The topological polar surface area (TPSA) is 71.3 Å². The van der Waals surface area contributed by atoms with E-state index in [1.807, 2.05) is 46.1 Å². The number of likely N-dealkylation sites (tertiary alicyclic amines) is 2. The Bertz CT molecular complexity index is 782. The molecule has 2 saturated heterocycles.